The molecule has 1 unspecified atom stereocenters. The highest BCUT2D eigenvalue weighted by atomic mass is 79.9. The first-order valence-electron chi connectivity index (χ1n) is 5.79. The maximum atomic E-state index is 11.9. The SMILES string of the molecule is Cc1ccc(C)c(C(C)NC(=O)C(C)(C)Br)c1. The van der Waals surface area contributed by atoms with Crippen LogP contribution in [-0.2, 0) is 4.79 Å². The monoisotopic (exact) mass is 297 g/mol. The van der Waals surface area contributed by atoms with Crippen LogP contribution in [0, 0.1) is 13.8 Å². The molecule has 1 amide bonds. The standard InChI is InChI=1S/C14H20BrNO/c1-9-6-7-10(2)12(8-9)11(3)16-13(17)14(4,5)15/h6-8,11H,1-5H3,(H,16,17). The molecule has 0 aromatic heterocycles. The van der Waals surface area contributed by atoms with Gasteiger partial charge in [-0.25, -0.2) is 0 Å². The summed E-state index contributed by atoms with van der Waals surface area (Å²) in [7, 11) is 0. The Morgan fingerprint density at radius 1 is 1.35 bits per heavy atom. The van der Waals surface area contributed by atoms with Crippen molar-refractivity contribution in [2.45, 2.75) is 45.0 Å². The molecule has 0 aliphatic heterocycles. The van der Waals surface area contributed by atoms with Gasteiger partial charge >= 0.3 is 0 Å². The molecule has 0 saturated carbocycles. The number of hydrogen-bond acceptors (Lipinski definition) is 1. The lowest BCUT2D eigenvalue weighted by atomic mass is 9.99. The molecule has 2 nitrogen and oxygen atoms in total. The van der Waals surface area contributed by atoms with Gasteiger partial charge in [0, 0.05) is 0 Å². The molecule has 0 aliphatic carbocycles. The van der Waals surface area contributed by atoms with Gasteiger partial charge < -0.3 is 5.32 Å². The van der Waals surface area contributed by atoms with Crippen LogP contribution in [0.15, 0.2) is 18.2 Å². The van der Waals surface area contributed by atoms with Gasteiger partial charge in [0.1, 0.15) is 0 Å². The van der Waals surface area contributed by atoms with Crippen molar-refractivity contribution in [2.24, 2.45) is 0 Å². The van der Waals surface area contributed by atoms with Gasteiger partial charge in [0.2, 0.25) is 5.91 Å². The lowest BCUT2D eigenvalue weighted by molar-refractivity contribution is -0.123. The number of hydrogen-bond donors (Lipinski definition) is 1. The van der Waals surface area contributed by atoms with Crippen molar-refractivity contribution < 1.29 is 4.79 Å². The molecule has 1 atom stereocenters. The summed E-state index contributed by atoms with van der Waals surface area (Å²) in [4.78, 5) is 11.9. The number of alkyl halides is 1. The molecule has 1 aromatic carbocycles. The van der Waals surface area contributed by atoms with Crippen LogP contribution in [0.5, 0.6) is 0 Å². The van der Waals surface area contributed by atoms with E-state index in [9.17, 15) is 4.79 Å². The second-order valence-electron chi connectivity index (χ2n) is 5.03. The molecule has 94 valence electrons. The van der Waals surface area contributed by atoms with Crippen LogP contribution in [0.1, 0.15) is 43.5 Å². The minimum Gasteiger partial charge on any atom is -0.348 e. The largest absolute Gasteiger partial charge is 0.348 e. The summed E-state index contributed by atoms with van der Waals surface area (Å²) < 4.78 is -0.529. The lowest BCUT2D eigenvalue weighted by Crippen LogP contribution is -2.39. The Morgan fingerprint density at radius 3 is 2.47 bits per heavy atom. The Hall–Kier alpha value is -0.830. The Kier molecular flexibility index (Phi) is 4.36. The normalized spacial score (nSPS) is 13.3. The van der Waals surface area contributed by atoms with Crippen molar-refractivity contribution >= 4 is 21.8 Å². The molecule has 0 bridgehead atoms. The highest BCUT2D eigenvalue weighted by Gasteiger charge is 2.25. The van der Waals surface area contributed by atoms with Crippen LogP contribution >= 0.6 is 15.9 Å². The van der Waals surface area contributed by atoms with Crippen LogP contribution in [0.3, 0.4) is 0 Å². The topological polar surface area (TPSA) is 29.1 Å². The summed E-state index contributed by atoms with van der Waals surface area (Å²) in [6.07, 6.45) is 0. The van der Waals surface area contributed by atoms with Gasteiger partial charge in [0.15, 0.2) is 0 Å². The first kappa shape index (κ1) is 14.2. The van der Waals surface area contributed by atoms with E-state index < -0.39 is 4.32 Å². The van der Waals surface area contributed by atoms with Gasteiger partial charge in [-0.2, -0.15) is 0 Å². The maximum absolute atomic E-state index is 11.9. The Morgan fingerprint density at radius 2 is 1.94 bits per heavy atom. The summed E-state index contributed by atoms with van der Waals surface area (Å²) >= 11 is 3.37. The van der Waals surface area contributed by atoms with Gasteiger partial charge in [-0.15, -0.1) is 0 Å². The third kappa shape index (κ3) is 3.84. The summed E-state index contributed by atoms with van der Waals surface area (Å²) in [6, 6.07) is 6.33. The summed E-state index contributed by atoms with van der Waals surface area (Å²) in [5.41, 5.74) is 3.59. The third-order valence-electron chi connectivity index (χ3n) is 2.79. The van der Waals surface area contributed by atoms with Crippen LogP contribution in [0.25, 0.3) is 0 Å². The Bertz CT molecular complexity index is 421. The van der Waals surface area contributed by atoms with Crippen molar-refractivity contribution in [3.8, 4) is 0 Å². The van der Waals surface area contributed by atoms with Crippen molar-refractivity contribution in [3.05, 3.63) is 34.9 Å². The highest BCUT2D eigenvalue weighted by Crippen LogP contribution is 2.22. The predicted molar refractivity (Wildman–Crippen MR) is 75.5 cm³/mol. The number of nitrogens with one attached hydrogen (secondary N) is 1. The number of carbonyl (C=O) groups excluding carboxylic acids is 1. The van der Waals surface area contributed by atoms with Crippen LogP contribution < -0.4 is 5.32 Å². The van der Waals surface area contributed by atoms with Crippen molar-refractivity contribution in [2.75, 3.05) is 0 Å². The summed E-state index contributed by atoms with van der Waals surface area (Å²) in [5.74, 6) is 0.00547. The predicted octanol–water partition coefficient (Wildman–Crippen LogP) is 3.65. The van der Waals surface area contributed by atoms with Crippen LogP contribution in [-0.4, -0.2) is 10.2 Å². The van der Waals surface area contributed by atoms with Crippen molar-refractivity contribution in [3.63, 3.8) is 0 Å². The maximum Gasteiger partial charge on any atom is 0.236 e. The van der Waals surface area contributed by atoms with E-state index >= 15 is 0 Å². The average molecular weight is 298 g/mol. The second-order valence-corrected chi connectivity index (χ2v) is 7.01. The molecule has 1 N–H and O–H groups in total. The minimum absolute atomic E-state index is 0.00547. The van der Waals surface area contributed by atoms with E-state index in [4.69, 9.17) is 0 Å². The van der Waals surface area contributed by atoms with Gasteiger partial charge in [-0.3, -0.25) is 4.79 Å². The highest BCUT2D eigenvalue weighted by molar-refractivity contribution is 9.10. The van der Waals surface area contributed by atoms with Gasteiger partial charge in [0.25, 0.3) is 0 Å². The number of benzene rings is 1. The first-order valence-corrected chi connectivity index (χ1v) is 6.58. The van der Waals surface area contributed by atoms with E-state index in [1.54, 1.807) is 0 Å². The fourth-order valence-electron chi connectivity index (χ4n) is 1.67. The molecule has 0 fully saturated rings. The molecule has 0 saturated heterocycles. The molecular weight excluding hydrogens is 278 g/mol. The molecular formula is C14H20BrNO. The molecule has 1 rings (SSSR count). The number of carbonyl (C=O) groups is 1. The molecule has 0 aliphatic rings. The fourth-order valence-corrected chi connectivity index (χ4v) is 1.79. The van der Waals surface area contributed by atoms with E-state index in [1.807, 2.05) is 20.8 Å². The lowest BCUT2D eigenvalue weighted by Gasteiger charge is -2.22. The van der Waals surface area contributed by atoms with Gasteiger partial charge in [-0.05, 0) is 45.7 Å². The Balaban J connectivity index is 2.87. The molecule has 17 heavy (non-hydrogen) atoms. The summed E-state index contributed by atoms with van der Waals surface area (Å²) in [5, 5.41) is 3.02. The van der Waals surface area contributed by atoms with Gasteiger partial charge in [0.05, 0.1) is 10.4 Å². The molecule has 0 spiro atoms. The van der Waals surface area contributed by atoms with Crippen molar-refractivity contribution in [1.29, 1.82) is 0 Å². The third-order valence-corrected chi connectivity index (χ3v) is 3.15. The van der Waals surface area contributed by atoms with Gasteiger partial charge in [-0.1, -0.05) is 39.7 Å². The second kappa shape index (κ2) is 5.21. The molecule has 3 heteroatoms. The van der Waals surface area contributed by atoms with E-state index in [0.29, 0.717) is 0 Å². The zero-order valence-corrected chi connectivity index (χ0v) is 12.7. The van der Waals surface area contributed by atoms with E-state index in [1.165, 1.54) is 16.7 Å². The van der Waals surface area contributed by atoms with Crippen molar-refractivity contribution in [1.82, 2.24) is 5.32 Å². The Labute approximate surface area is 112 Å². The summed E-state index contributed by atoms with van der Waals surface area (Å²) in [6.45, 7) is 9.83. The molecule has 1 aromatic rings. The quantitative estimate of drug-likeness (QED) is 0.848. The zero-order valence-electron chi connectivity index (χ0n) is 11.1. The fraction of sp³-hybridized carbons (Fsp3) is 0.500. The van der Waals surface area contributed by atoms with E-state index in [-0.39, 0.29) is 11.9 Å². The minimum atomic E-state index is -0.529. The number of aryl methyl sites for hydroxylation is 2. The van der Waals surface area contributed by atoms with Crippen LogP contribution in [0.2, 0.25) is 0 Å². The number of halogens is 1. The average Bonchev–Trinajstić information content (AvgIpc) is 2.20. The smallest absolute Gasteiger partial charge is 0.236 e. The zero-order chi connectivity index (χ0) is 13.2. The molecule has 0 radical (unpaired) electrons. The molecule has 0 heterocycles. The van der Waals surface area contributed by atoms with E-state index in [2.05, 4.69) is 53.3 Å². The number of rotatable bonds is 3. The van der Waals surface area contributed by atoms with E-state index in [0.717, 1.165) is 0 Å². The number of amides is 1. The first-order chi connectivity index (χ1) is 7.71. The van der Waals surface area contributed by atoms with Crippen LogP contribution in [0.4, 0.5) is 0 Å².